The minimum absolute atomic E-state index is 0.0868. The first-order chi connectivity index (χ1) is 14.2. The minimum Gasteiger partial charge on any atom is -0.377 e. The van der Waals surface area contributed by atoms with Crippen molar-refractivity contribution in [3.8, 4) is 0 Å². The number of hydrogen-bond acceptors (Lipinski definition) is 4. The SMILES string of the molecule is CC(C)(CNC(=O)c1ccc(S(=O)(=O)NCC2CCCO2)cc1)c1ccccc1F. The summed E-state index contributed by atoms with van der Waals surface area (Å²) in [6.45, 7) is 4.82. The Bertz CT molecular complexity index is 984. The number of amides is 1. The van der Waals surface area contributed by atoms with Crippen LogP contribution < -0.4 is 10.0 Å². The van der Waals surface area contributed by atoms with Crippen molar-refractivity contribution in [2.45, 2.75) is 43.1 Å². The summed E-state index contributed by atoms with van der Waals surface area (Å²) in [6.07, 6.45) is 1.68. The lowest BCUT2D eigenvalue weighted by molar-refractivity contribution is 0.0945. The third-order valence-electron chi connectivity index (χ3n) is 5.25. The zero-order valence-corrected chi connectivity index (χ0v) is 18.0. The number of ether oxygens (including phenoxy) is 1. The molecule has 0 aliphatic carbocycles. The van der Waals surface area contributed by atoms with Crippen LogP contribution in [0.3, 0.4) is 0 Å². The lowest BCUT2D eigenvalue weighted by atomic mass is 9.84. The topological polar surface area (TPSA) is 84.5 Å². The van der Waals surface area contributed by atoms with Crippen LogP contribution in [0.1, 0.15) is 42.6 Å². The van der Waals surface area contributed by atoms with Gasteiger partial charge in [-0.3, -0.25) is 4.79 Å². The molecule has 0 spiro atoms. The molecule has 1 aliphatic rings. The van der Waals surface area contributed by atoms with Gasteiger partial charge < -0.3 is 10.1 Å². The summed E-state index contributed by atoms with van der Waals surface area (Å²) >= 11 is 0. The summed E-state index contributed by atoms with van der Waals surface area (Å²) in [4.78, 5) is 12.6. The molecular formula is C22H27FN2O4S. The predicted molar refractivity (Wildman–Crippen MR) is 112 cm³/mol. The Kier molecular flexibility index (Phi) is 6.90. The van der Waals surface area contributed by atoms with Gasteiger partial charge in [-0.1, -0.05) is 32.0 Å². The number of halogens is 1. The van der Waals surface area contributed by atoms with Gasteiger partial charge in [-0.05, 0) is 48.7 Å². The Morgan fingerprint density at radius 1 is 1.17 bits per heavy atom. The lowest BCUT2D eigenvalue weighted by Gasteiger charge is -2.26. The van der Waals surface area contributed by atoms with Gasteiger partial charge in [0.1, 0.15) is 5.82 Å². The first-order valence-corrected chi connectivity index (χ1v) is 11.4. The molecule has 0 radical (unpaired) electrons. The molecule has 0 saturated carbocycles. The monoisotopic (exact) mass is 434 g/mol. The fourth-order valence-electron chi connectivity index (χ4n) is 3.39. The van der Waals surface area contributed by atoms with E-state index in [1.54, 1.807) is 18.2 Å². The molecule has 2 aromatic rings. The van der Waals surface area contributed by atoms with Crippen molar-refractivity contribution in [1.82, 2.24) is 10.0 Å². The van der Waals surface area contributed by atoms with Crippen molar-refractivity contribution < 1.29 is 22.3 Å². The van der Waals surface area contributed by atoms with E-state index in [2.05, 4.69) is 10.0 Å². The fourth-order valence-corrected chi connectivity index (χ4v) is 4.45. The van der Waals surface area contributed by atoms with E-state index in [-0.39, 0.29) is 35.8 Å². The second-order valence-electron chi connectivity index (χ2n) is 8.06. The van der Waals surface area contributed by atoms with E-state index in [1.165, 1.54) is 30.3 Å². The first-order valence-electron chi connectivity index (χ1n) is 9.93. The molecule has 2 aromatic carbocycles. The van der Waals surface area contributed by atoms with Crippen LogP contribution in [-0.4, -0.2) is 40.1 Å². The molecule has 1 unspecified atom stereocenters. The highest BCUT2D eigenvalue weighted by Crippen LogP contribution is 2.25. The van der Waals surface area contributed by atoms with Crippen LogP contribution in [0, 0.1) is 5.82 Å². The Balaban J connectivity index is 1.60. The number of hydrogen-bond donors (Lipinski definition) is 2. The molecule has 8 heteroatoms. The van der Waals surface area contributed by atoms with E-state index >= 15 is 0 Å². The van der Waals surface area contributed by atoms with Crippen molar-refractivity contribution in [3.05, 3.63) is 65.5 Å². The van der Waals surface area contributed by atoms with Gasteiger partial charge >= 0.3 is 0 Å². The van der Waals surface area contributed by atoms with Gasteiger partial charge in [0.25, 0.3) is 5.91 Å². The van der Waals surface area contributed by atoms with E-state index in [9.17, 15) is 17.6 Å². The molecule has 1 amide bonds. The molecule has 1 heterocycles. The molecule has 3 rings (SSSR count). The van der Waals surface area contributed by atoms with E-state index in [0.29, 0.717) is 17.7 Å². The molecule has 1 fully saturated rings. The van der Waals surface area contributed by atoms with Crippen LogP contribution in [0.4, 0.5) is 4.39 Å². The van der Waals surface area contributed by atoms with Crippen LogP contribution in [-0.2, 0) is 20.2 Å². The zero-order valence-electron chi connectivity index (χ0n) is 17.2. The fraction of sp³-hybridized carbons (Fsp3) is 0.409. The second-order valence-corrected chi connectivity index (χ2v) is 9.82. The maximum absolute atomic E-state index is 14.1. The standard InChI is InChI=1S/C22H27FN2O4S/c1-22(2,19-7-3-4-8-20(19)23)15-24-21(26)16-9-11-18(12-10-16)30(27,28)25-14-17-6-5-13-29-17/h3-4,7-12,17,25H,5-6,13-15H2,1-2H3,(H,24,26). The number of nitrogens with one attached hydrogen (secondary N) is 2. The van der Waals surface area contributed by atoms with Crippen LogP contribution in [0.25, 0.3) is 0 Å². The van der Waals surface area contributed by atoms with E-state index in [4.69, 9.17) is 4.74 Å². The number of rotatable bonds is 8. The van der Waals surface area contributed by atoms with Gasteiger partial charge in [0.2, 0.25) is 10.0 Å². The van der Waals surface area contributed by atoms with Gasteiger partial charge in [-0.2, -0.15) is 0 Å². The smallest absolute Gasteiger partial charge is 0.251 e. The average molecular weight is 435 g/mol. The van der Waals surface area contributed by atoms with Gasteiger partial charge in [-0.25, -0.2) is 17.5 Å². The summed E-state index contributed by atoms with van der Waals surface area (Å²) in [6, 6.07) is 12.2. The predicted octanol–water partition coefficient (Wildman–Crippen LogP) is 2.99. The summed E-state index contributed by atoms with van der Waals surface area (Å²) < 4.78 is 46.9. The van der Waals surface area contributed by atoms with E-state index < -0.39 is 15.4 Å². The van der Waals surface area contributed by atoms with Crippen LogP contribution >= 0.6 is 0 Å². The molecule has 2 N–H and O–H groups in total. The number of carbonyl (C=O) groups is 1. The minimum atomic E-state index is -3.67. The molecular weight excluding hydrogens is 407 g/mol. The summed E-state index contributed by atoms with van der Waals surface area (Å²) in [5.74, 6) is -0.669. The third-order valence-corrected chi connectivity index (χ3v) is 6.69. The van der Waals surface area contributed by atoms with Gasteiger partial charge in [-0.15, -0.1) is 0 Å². The maximum Gasteiger partial charge on any atom is 0.251 e. The molecule has 1 atom stereocenters. The quantitative estimate of drug-likeness (QED) is 0.669. The highest BCUT2D eigenvalue weighted by Gasteiger charge is 2.25. The largest absolute Gasteiger partial charge is 0.377 e. The highest BCUT2D eigenvalue weighted by molar-refractivity contribution is 7.89. The second kappa shape index (κ2) is 9.24. The van der Waals surface area contributed by atoms with Gasteiger partial charge in [0.15, 0.2) is 0 Å². The third kappa shape index (κ3) is 5.44. The number of benzene rings is 2. The number of sulfonamides is 1. The lowest BCUT2D eigenvalue weighted by Crippen LogP contribution is -2.37. The van der Waals surface area contributed by atoms with Crippen molar-refractivity contribution in [2.24, 2.45) is 0 Å². The first kappa shape index (κ1) is 22.4. The zero-order chi connectivity index (χ0) is 21.8. The molecule has 0 bridgehead atoms. The van der Waals surface area contributed by atoms with Crippen molar-refractivity contribution >= 4 is 15.9 Å². The Labute approximate surface area is 176 Å². The average Bonchev–Trinajstić information content (AvgIpc) is 3.25. The Morgan fingerprint density at radius 2 is 1.87 bits per heavy atom. The molecule has 1 saturated heterocycles. The summed E-state index contributed by atoms with van der Waals surface area (Å²) in [5.41, 5.74) is 0.248. The molecule has 30 heavy (non-hydrogen) atoms. The van der Waals surface area contributed by atoms with Crippen LogP contribution in [0.2, 0.25) is 0 Å². The maximum atomic E-state index is 14.1. The van der Waals surface area contributed by atoms with Crippen molar-refractivity contribution in [2.75, 3.05) is 19.7 Å². The van der Waals surface area contributed by atoms with E-state index in [1.807, 2.05) is 13.8 Å². The van der Waals surface area contributed by atoms with Crippen LogP contribution in [0.5, 0.6) is 0 Å². The van der Waals surface area contributed by atoms with Crippen molar-refractivity contribution in [1.29, 1.82) is 0 Å². The van der Waals surface area contributed by atoms with E-state index in [0.717, 1.165) is 12.8 Å². The van der Waals surface area contributed by atoms with Crippen LogP contribution in [0.15, 0.2) is 53.4 Å². The van der Waals surface area contributed by atoms with Crippen molar-refractivity contribution in [3.63, 3.8) is 0 Å². The summed E-state index contributed by atoms with van der Waals surface area (Å²) in [7, 11) is -3.67. The van der Waals surface area contributed by atoms with Gasteiger partial charge in [0, 0.05) is 30.7 Å². The molecule has 6 nitrogen and oxygen atoms in total. The normalized spacial score (nSPS) is 17.1. The molecule has 0 aromatic heterocycles. The summed E-state index contributed by atoms with van der Waals surface area (Å²) in [5, 5.41) is 2.80. The Morgan fingerprint density at radius 3 is 2.50 bits per heavy atom. The molecule has 162 valence electrons. The van der Waals surface area contributed by atoms with Gasteiger partial charge in [0.05, 0.1) is 11.0 Å². The molecule has 1 aliphatic heterocycles. The highest BCUT2D eigenvalue weighted by atomic mass is 32.2. The number of carbonyl (C=O) groups excluding carboxylic acids is 1. The Hall–Kier alpha value is -2.29.